The fraction of sp³-hybridized carbons (Fsp3) is 0.321. The third-order valence-corrected chi connectivity index (χ3v) is 7.16. The maximum atomic E-state index is 13.4. The molecule has 0 bridgehead atoms. The van der Waals surface area contributed by atoms with Crippen LogP contribution in [0.2, 0.25) is 5.02 Å². The van der Waals surface area contributed by atoms with Crippen LogP contribution in [-0.2, 0) is 16.0 Å². The number of hydrogen-bond acceptors (Lipinski definition) is 4. The minimum Gasteiger partial charge on any atom is -0.362 e. The van der Waals surface area contributed by atoms with Gasteiger partial charge in [0.1, 0.15) is 5.57 Å². The van der Waals surface area contributed by atoms with E-state index >= 15 is 0 Å². The van der Waals surface area contributed by atoms with Gasteiger partial charge in [-0.25, -0.2) is 0 Å². The Labute approximate surface area is 217 Å². The quantitative estimate of drug-likeness (QED) is 0.300. The van der Waals surface area contributed by atoms with Crippen molar-refractivity contribution in [2.75, 3.05) is 16.3 Å². The van der Waals surface area contributed by atoms with Gasteiger partial charge in [-0.15, -0.1) is 0 Å². The van der Waals surface area contributed by atoms with Crippen LogP contribution in [-0.4, -0.2) is 29.0 Å². The number of rotatable bonds is 5. The van der Waals surface area contributed by atoms with E-state index in [2.05, 4.69) is 50.9 Å². The molecule has 0 unspecified atom stereocenters. The zero-order chi connectivity index (χ0) is 25.5. The molecule has 0 aromatic heterocycles. The number of halogens is 1. The van der Waals surface area contributed by atoms with Crippen LogP contribution in [0.4, 0.5) is 11.4 Å². The SMILES string of the molecule is CCCN1c2cc(Cl)c(/C=C3/C(=O)NC(=S)N(c4ccc(CC)cc4)C3=O)cc2C(C)=CC1(C)C. The van der Waals surface area contributed by atoms with Crippen molar-refractivity contribution >= 4 is 63.8 Å². The van der Waals surface area contributed by atoms with E-state index in [4.69, 9.17) is 23.8 Å². The second kappa shape index (κ2) is 9.59. The Morgan fingerprint density at radius 1 is 1.11 bits per heavy atom. The van der Waals surface area contributed by atoms with E-state index in [1.165, 1.54) is 4.90 Å². The molecule has 0 spiro atoms. The Bertz CT molecular complexity index is 1280. The second-order valence-corrected chi connectivity index (χ2v) is 10.3. The van der Waals surface area contributed by atoms with Gasteiger partial charge < -0.3 is 4.90 Å². The number of amides is 2. The number of nitrogens with zero attached hydrogens (tertiary/aromatic N) is 2. The third-order valence-electron chi connectivity index (χ3n) is 6.55. The number of benzene rings is 2. The van der Waals surface area contributed by atoms with Crippen LogP contribution in [0.1, 0.15) is 57.7 Å². The van der Waals surface area contributed by atoms with Gasteiger partial charge in [0, 0.05) is 22.8 Å². The fourth-order valence-electron chi connectivity index (χ4n) is 4.79. The van der Waals surface area contributed by atoms with Gasteiger partial charge in [0.05, 0.1) is 11.2 Å². The molecule has 2 aliphatic heterocycles. The lowest BCUT2D eigenvalue weighted by Gasteiger charge is -2.43. The first-order valence-corrected chi connectivity index (χ1v) is 12.7. The van der Waals surface area contributed by atoms with Gasteiger partial charge in [0.25, 0.3) is 11.8 Å². The van der Waals surface area contributed by atoms with E-state index in [-0.39, 0.29) is 16.2 Å². The Morgan fingerprint density at radius 3 is 2.43 bits per heavy atom. The van der Waals surface area contributed by atoms with Crippen molar-refractivity contribution in [2.45, 2.75) is 53.0 Å². The monoisotopic (exact) mass is 507 g/mol. The summed E-state index contributed by atoms with van der Waals surface area (Å²) in [5, 5.41) is 3.19. The summed E-state index contributed by atoms with van der Waals surface area (Å²) >= 11 is 12.1. The first-order valence-electron chi connectivity index (χ1n) is 11.9. The largest absolute Gasteiger partial charge is 0.362 e. The molecule has 2 aliphatic rings. The zero-order valence-electron chi connectivity index (χ0n) is 20.7. The van der Waals surface area contributed by atoms with Gasteiger partial charge >= 0.3 is 0 Å². The summed E-state index contributed by atoms with van der Waals surface area (Å²) in [4.78, 5) is 29.9. The minimum absolute atomic E-state index is 0.0109. The molecule has 5 nitrogen and oxygen atoms in total. The lowest BCUT2D eigenvalue weighted by Crippen LogP contribution is -2.54. The molecule has 7 heteroatoms. The number of allylic oxidation sites excluding steroid dienone is 1. The summed E-state index contributed by atoms with van der Waals surface area (Å²) < 4.78 is 0. The molecule has 0 radical (unpaired) electrons. The highest BCUT2D eigenvalue weighted by atomic mass is 35.5. The van der Waals surface area contributed by atoms with Gasteiger partial charge in [-0.2, -0.15) is 0 Å². The van der Waals surface area contributed by atoms with Crippen molar-refractivity contribution in [1.82, 2.24) is 5.32 Å². The zero-order valence-corrected chi connectivity index (χ0v) is 22.3. The van der Waals surface area contributed by atoms with Crippen molar-refractivity contribution in [3.05, 3.63) is 69.8 Å². The molecular weight excluding hydrogens is 478 g/mol. The van der Waals surface area contributed by atoms with Crippen molar-refractivity contribution in [3.8, 4) is 0 Å². The number of carbonyl (C=O) groups excluding carboxylic acids is 2. The number of carbonyl (C=O) groups is 2. The number of aryl methyl sites for hydroxylation is 1. The van der Waals surface area contributed by atoms with Gasteiger partial charge in [-0.05, 0) is 92.9 Å². The first-order chi connectivity index (χ1) is 16.6. The summed E-state index contributed by atoms with van der Waals surface area (Å²) in [6.07, 6.45) is 5.70. The van der Waals surface area contributed by atoms with E-state index in [0.29, 0.717) is 16.3 Å². The molecule has 1 N–H and O–H groups in total. The Kier molecular flexibility index (Phi) is 6.89. The average Bonchev–Trinajstić information content (AvgIpc) is 2.80. The van der Waals surface area contributed by atoms with Crippen LogP contribution in [0.15, 0.2) is 48.0 Å². The number of anilines is 2. The molecule has 2 aromatic rings. The molecule has 0 atom stereocenters. The molecule has 1 saturated heterocycles. The van der Waals surface area contributed by atoms with Gasteiger partial charge in [-0.3, -0.25) is 19.8 Å². The molecule has 0 saturated carbocycles. The second-order valence-electron chi connectivity index (χ2n) is 9.50. The molecule has 1 fully saturated rings. The lowest BCUT2D eigenvalue weighted by atomic mass is 9.87. The Balaban J connectivity index is 1.77. The maximum absolute atomic E-state index is 13.4. The topological polar surface area (TPSA) is 52.7 Å². The molecule has 2 aromatic carbocycles. The van der Waals surface area contributed by atoms with Crippen molar-refractivity contribution in [3.63, 3.8) is 0 Å². The summed E-state index contributed by atoms with van der Waals surface area (Å²) in [5.74, 6) is -1.01. The average molecular weight is 508 g/mol. The van der Waals surface area contributed by atoms with E-state index < -0.39 is 11.8 Å². The van der Waals surface area contributed by atoms with Gasteiger partial charge in [0.2, 0.25) is 0 Å². The van der Waals surface area contributed by atoms with Crippen LogP contribution in [0.25, 0.3) is 11.6 Å². The minimum atomic E-state index is -0.531. The van der Waals surface area contributed by atoms with Crippen molar-refractivity contribution < 1.29 is 9.59 Å². The predicted octanol–water partition coefficient (Wildman–Crippen LogP) is 6.15. The van der Waals surface area contributed by atoms with E-state index in [0.717, 1.165) is 41.8 Å². The molecule has 182 valence electrons. The summed E-state index contributed by atoms with van der Waals surface area (Å²) in [6.45, 7) is 11.6. The van der Waals surface area contributed by atoms with Crippen LogP contribution < -0.4 is 15.1 Å². The summed E-state index contributed by atoms with van der Waals surface area (Å²) in [6, 6.07) is 11.5. The van der Waals surface area contributed by atoms with Crippen LogP contribution in [0, 0.1) is 0 Å². The van der Waals surface area contributed by atoms with Crippen LogP contribution in [0.3, 0.4) is 0 Å². The van der Waals surface area contributed by atoms with E-state index in [9.17, 15) is 9.59 Å². The van der Waals surface area contributed by atoms with Crippen LogP contribution >= 0.6 is 23.8 Å². The highest BCUT2D eigenvalue weighted by Crippen LogP contribution is 2.42. The lowest BCUT2D eigenvalue weighted by molar-refractivity contribution is -0.122. The number of hydrogen-bond donors (Lipinski definition) is 1. The standard InChI is InChI=1S/C28H30ClN3O2S/c1-6-12-31-24-15-23(29)19(13-21(24)17(3)16-28(31,4)5)14-22-25(33)30-27(35)32(26(22)34)20-10-8-18(7-2)9-11-20/h8-11,13-16H,6-7,12H2,1-5H3,(H,30,33,35)/b22-14-. The highest BCUT2D eigenvalue weighted by molar-refractivity contribution is 7.80. The molecule has 35 heavy (non-hydrogen) atoms. The van der Waals surface area contributed by atoms with Crippen LogP contribution in [0.5, 0.6) is 0 Å². The predicted molar refractivity (Wildman–Crippen MR) is 149 cm³/mol. The highest BCUT2D eigenvalue weighted by Gasteiger charge is 2.35. The van der Waals surface area contributed by atoms with E-state index in [1.807, 2.05) is 36.4 Å². The third kappa shape index (κ3) is 4.65. The Morgan fingerprint density at radius 2 is 1.80 bits per heavy atom. The molecule has 2 heterocycles. The molecule has 0 aliphatic carbocycles. The normalized spacial score (nSPS) is 18.5. The van der Waals surface area contributed by atoms with Crippen molar-refractivity contribution in [1.29, 1.82) is 0 Å². The van der Waals surface area contributed by atoms with Gasteiger partial charge in [-0.1, -0.05) is 43.7 Å². The molecular formula is C28H30ClN3O2S. The number of thiocarbonyl (C=S) groups is 1. The first kappa shape index (κ1) is 25.1. The molecule has 2 amide bonds. The Hall–Kier alpha value is -2.96. The summed E-state index contributed by atoms with van der Waals surface area (Å²) in [5.41, 5.74) is 5.45. The van der Waals surface area contributed by atoms with Crippen molar-refractivity contribution in [2.24, 2.45) is 0 Å². The van der Waals surface area contributed by atoms with Gasteiger partial charge in [0.15, 0.2) is 5.11 Å². The number of nitrogens with one attached hydrogen (secondary N) is 1. The summed E-state index contributed by atoms with van der Waals surface area (Å²) in [7, 11) is 0. The van der Waals surface area contributed by atoms with E-state index in [1.54, 1.807) is 6.08 Å². The maximum Gasteiger partial charge on any atom is 0.270 e. The smallest absolute Gasteiger partial charge is 0.270 e. The fourth-order valence-corrected chi connectivity index (χ4v) is 5.28. The number of fused-ring (bicyclic) bond motifs is 1. The molecule has 4 rings (SSSR count).